The average Bonchev–Trinajstić information content (AvgIpc) is 3.46. The fourth-order valence-corrected chi connectivity index (χ4v) is 5.00. The molecular formula is C23H35N2O3+. The second kappa shape index (κ2) is 8.64. The third-order valence-corrected chi connectivity index (χ3v) is 6.84. The van der Waals surface area contributed by atoms with Crippen molar-refractivity contribution in [1.82, 2.24) is 0 Å². The van der Waals surface area contributed by atoms with E-state index < -0.39 is 0 Å². The van der Waals surface area contributed by atoms with Gasteiger partial charge in [0.25, 0.3) is 5.91 Å². The van der Waals surface area contributed by atoms with Crippen LogP contribution in [0.5, 0.6) is 0 Å². The molecule has 0 unspecified atom stereocenters. The minimum atomic E-state index is -0.378. The first-order valence-electron chi connectivity index (χ1n) is 10.9. The van der Waals surface area contributed by atoms with Crippen molar-refractivity contribution in [3.05, 3.63) is 29.3 Å². The molecule has 1 saturated heterocycles. The zero-order valence-electron chi connectivity index (χ0n) is 17.7. The molecule has 5 nitrogen and oxygen atoms in total. The molecule has 1 aliphatic carbocycles. The second-order valence-electron chi connectivity index (χ2n) is 8.38. The molecule has 5 heteroatoms. The molecule has 1 N–H and O–H groups in total. The van der Waals surface area contributed by atoms with E-state index >= 15 is 0 Å². The van der Waals surface area contributed by atoms with Crippen LogP contribution >= 0.6 is 0 Å². The minimum absolute atomic E-state index is 0.0785. The van der Waals surface area contributed by atoms with Crippen LogP contribution in [-0.4, -0.2) is 48.1 Å². The summed E-state index contributed by atoms with van der Waals surface area (Å²) in [6.45, 7) is 9.43. The van der Waals surface area contributed by atoms with E-state index in [2.05, 4.69) is 12.2 Å². The quantitative estimate of drug-likeness (QED) is 0.580. The molecule has 1 aromatic carbocycles. The number of likely N-dealkylation sites (N-methyl/N-ethyl adjacent to an activating group) is 1. The lowest BCUT2D eigenvalue weighted by Crippen LogP contribution is -2.63. The third-order valence-electron chi connectivity index (χ3n) is 6.84. The number of nitrogens with zero attached hydrogens (tertiary/aromatic N) is 1. The van der Waals surface area contributed by atoms with Gasteiger partial charge in [0.15, 0.2) is 5.54 Å². The van der Waals surface area contributed by atoms with Crippen LogP contribution in [0.15, 0.2) is 18.2 Å². The summed E-state index contributed by atoms with van der Waals surface area (Å²) < 4.78 is 6.10. The lowest BCUT2D eigenvalue weighted by atomic mass is 10.00. The number of anilines is 1. The molecule has 1 saturated carbocycles. The number of carbonyl (C=O) groups is 2. The Morgan fingerprint density at radius 2 is 1.71 bits per heavy atom. The van der Waals surface area contributed by atoms with Crippen LogP contribution < -0.4 is 5.32 Å². The number of rotatable bonds is 6. The molecule has 2 fully saturated rings. The van der Waals surface area contributed by atoms with Crippen LogP contribution in [0.3, 0.4) is 0 Å². The Kier molecular flexibility index (Phi) is 6.43. The smallest absolute Gasteiger partial charge is 0.340 e. The van der Waals surface area contributed by atoms with Crippen molar-refractivity contribution in [3.8, 4) is 0 Å². The number of carbonyl (C=O) groups excluding carboxylic acids is 2. The Bertz CT molecular complexity index is 717. The van der Waals surface area contributed by atoms with Crippen molar-refractivity contribution in [3.63, 3.8) is 0 Å². The molecular weight excluding hydrogens is 352 g/mol. The van der Waals surface area contributed by atoms with Gasteiger partial charge >= 0.3 is 5.97 Å². The summed E-state index contributed by atoms with van der Waals surface area (Å²) >= 11 is 0. The van der Waals surface area contributed by atoms with Crippen LogP contribution in [0.2, 0.25) is 0 Å². The maximum absolute atomic E-state index is 13.6. The molecule has 1 heterocycles. The van der Waals surface area contributed by atoms with E-state index in [0.29, 0.717) is 17.9 Å². The SMILES string of the molecule is CCOC(=O)c1cccc(C)c1NC(=O)C1([N+]2(CC)CCCCCCC2)CC1. The fraction of sp³-hybridized carbons (Fsp3) is 0.652. The number of likely N-dealkylation sites (tertiary alicyclic amines) is 1. The first-order chi connectivity index (χ1) is 13.5. The molecule has 0 spiro atoms. The van der Waals surface area contributed by atoms with E-state index in [1.807, 2.05) is 19.1 Å². The average molecular weight is 388 g/mol. The molecule has 0 bridgehead atoms. The lowest BCUT2D eigenvalue weighted by molar-refractivity contribution is -0.951. The normalized spacial score (nSPS) is 20.5. The Morgan fingerprint density at radius 3 is 2.29 bits per heavy atom. The van der Waals surface area contributed by atoms with E-state index in [4.69, 9.17) is 4.74 Å². The summed E-state index contributed by atoms with van der Waals surface area (Å²) in [5, 5.41) is 3.16. The molecule has 2 aliphatic rings. The number of nitrogens with one attached hydrogen (secondary N) is 1. The summed E-state index contributed by atoms with van der Waals surface area (Å²) in [6.07, 6.45) is 8.11. The van der Waals surface area contributed by atoms with Crippen molar-refractivity contribution >= 4 is 17.6 Å². The molecule has 0 atom stereocenters. The van der Waals surface area contributed by atoms with Crippen molar-refractivity contribution < 1.29 is 18.8 Å². The predicted molar refractivity (Wildman–Crippen MR) is 111 cm³/mol. The predicted octanol–water partition coefficient (Wildman–Crippen LogP) is 4.44. The van der Waals surface area contributed by atoms with Crippen molar-refractivity contribution in [1.29, 1.82) is 0 Å². The third kappa shape index (κ3) is 3.82. The summed E-state index contributed by atoms with van der Waals surface area (Å²) in [6, 6.07) is 5.50. The molecule has 3 rings (SSSR count). The van der Waals surface area contributed by atoms with Crippen LogP contribution in [0.4, 0.5) is 5.69 Å². The van der Waals surface area contributed by atoms with Crippen LogP contribution in [0.25, 0.3) is 0 Å². The van der Waals surface area contributed by atoms with Crippen molar-refractivity contribution in [2.45, 2.75) is 71.3 Å². The van der Waals surface area contributed by atoms with Gasteiger partial charge in [0, 0.05) is 12.8 Å². The summed E-state index contributed by atoms with van der Waals surface area (Å²) in [4.78, 5) is 26.0. The first kappa shape index (κ1) is 20.8. The number of ether oxygens (including phenoxy) is 1. The Hall–Kier alpha value is -1.88. The van der Waals surface area contributed by atoms with Gasteiger partial charge in [-0.05, 0) is 58.1 Å². The van der Waals surface area contributed by atoms with Crippen molar-refractivity contribution in [2.24, 2.45) is 0 Å². The summed E-state index contributed by atoms with van der Waals surface area (Å²) in [5.41, 5.74) is 1.62. The molecule has 1 aliphatic heterocycles. The number of para-hydroxylation sites is 1. The highest BCUT2D eigenvalue weighted by atomic mass is 16.5. The number of amides is 1. The maximum atomic E-state index is 13.6. The minimum Gasteiger partial charge on any atom is -0.462 e. The van der Waals surface area contributed by atoms with E-state index in [0.717, 1.165) is 42.5 Å². The lowest BCUT2D eigenvalue weighted by Gasteiger charge is -2.45. The second-order valence-corrected chi connectivity index (χ2v) is 8.38. The molecule has 28 heavy (non-hydrogen) atoms. The monoisotopic (exact) mass is 387 g/mol. The Balaban J connectivity index is 1.87. The van der Waals surface area contributed by atoms with Crippen LogP contribution in [-0.2, 0) is 9.53 Å². The van der Waals surface area contributed by atoms with Gasteiger partial charge in [0.05, 0.1) is 37.5 Å². The van der Waals surface area contributed by atoms with E-state index in [-0.39, 0.29) is 17.4 Å². The molecule has 0 radical (unpaired) electrons. The van der Waals surface area contributed by atoms with E-state index in [1.54, 1.807) is 13.0 Å². The summed E-state index contributed by atoms with van der Waals surface area (Å²) in [7, 11) is 0. The highest BCUT2D eigenvalue weighted by Gasteiger charge is 2.64. The van der Waals surface area contributed by atoms with Gasteiger partial charge in [-0.2, -0.15) is 0 Å². The Morgan fingerprint density at radius 1 is 1.07 bits per heavy atom. The molecule has 1 aromatic rings. The highest BCUT2D eigenvalue weighted by Crippen LogP contribution is 2.49. The number of benzene rings is 1. The zero-order valence-corrected chi connectivity index (χ0v) is 17.7. The fourth-order valence-electron chi connectivity index (χ4n) is 5.00. The van der Waals surface area contributed by atoms with Crippen LogP contribution in [0, 0.1) is 6.92 Å². The van der Waals surface area contributed by atoms with E-state index in [9.17, 15) is 9.59 Å². The number of aryl methyl sites for hydroxylation is 1. The van der Waals surface area contributed by atoms with Gasteiger partial charge in [-0.3, -0.25) is 4.79 Å². The van der Waals surface area contributed by atoms with Gasteiger partial charge in [-0.15, -0.1) is 0 Å². The number of hydrogen-bond donors (Lipinski definition) is 1. The molecule has 0 aromatic heterocycles. The number of quaternary nitrogens is 1. The van der Waals surface area contributed by atoms with Gasteiger partial charge < -0.3 is 14.5 Å². The number of esters is 1. The van der Waals surface area contributed by atoms with Gasteiger partial charge in [-0.1, -0.05) is 18.6 Å². The first-order valence-corrected chi connectivity index (χ1v) is 10.9. The molecule has 1 amide bonds. The van der Waals surface area contributed by atoms with Crippen LogP contribution in [0.1, 0.15) is 74.7 Å². The maximum Gasteiger partial charge on any atom is 0.340 e. The molecule has 154 valence electrons. The van der Waals surface area contributed by atoms with E-state index in [1.165, 1.54) is 32.1 Å². The number of hydrogen-bond acceptors (Lipinski definition) is 3. The highest BCUT2D eigenvalue weighted by molar-refractivity contribution is 6.05. The zero-order chi connectivity index (χ0) is 20.2. The van der Waals surface area contributed by atoms with Gasteiger partial charge in [0.1, 0.15) is 0 Å². The standard InChI is InChI=1S/C23H34N2O3/c1-4-25(16-9-7-6-8-10-17-25)23(14-15-23)22(27)24-20-18(3)12-11-13-19(20)21(26)28-5-2/h11-13H,4-10,14-17H2,1-3H3/p+1. The summed E-state index contributed by atoms with van der Waals surface area (Å²) in [5.74, 6) is -0.299. The largest absolute Gasteiger partial charge is 0.462 e. The van der Waals surface area contributed by atoms with Gasteiger partial charge in [0.2, 0.25) is 0 Å². The Labute approximate surface area is 169 Å². The van der Waals surface area contributed by atoms with Gasteiger partial charge in [-0.25, -0.2) is 4.79 Å². The van der Waals surface area contributed by atoms with Crippen molar-refractivity contribution in [2.75, 3.05) is 31.6 Å². The topological polar surface area (TPSA) is 55.4 Å².